The van der Waals surface area contributed by atoms with E-state index in [0.717, 1.165) is 24.3 Å². The number of carbonyl (C=O) groups excluding carboxylic acids is 2. The van der Waals surface area contributed by atoms with E-state index in [0.29, 0.717) is 0 Å². The third-order valence-corrected chi connectivity index (χ3v) is 9.23. The summed E-state index contributed by atoms with van der Waals surface area (Å²) in [5, 5.41) is 0.139. The molecule has 0 spiro atoms. The number of carbonyl (C=O) groups is 2. The normalized spacial score (nSPS) is 11.8. The Morgan fingerprint density at radius 2 is 1.23 bits per heavy atom. The molecule has 22 heavy (non-hydrogen) atoms. The van der Waals surface area contributed by atoms with Crippen LogP contribution < -0.4 is 3.12 Å². The molecule has 0 amide bonds. The van der Waals surface area contributed by atoms with Crippen LogP contribution in [0.3, 0.4) is 0 Å². The fraction of sp³-hybridized carbons (Fsp3) is 0.200. The van der Waals surface area contributed by atoms with Gasteiger partial charge in [-0.15, -0.1) is 0 Å². The molecule has 0 N–H and O–H groups in total. The maximum atomic E-state index is 12.1. The summed E-state index contributed by atoms with van der Waals surface area (Å²) in [6.45, 7) is 0. The van der Waals surface area contributed by atoms with Gasteiger partial charge in [-0.25, -0.2) is 0 Å². The van der Waals surface area contributed by atoms with E-state index in [9.17, 15) is 35.9 Å². The van der Waals surface area contributed by atoms with Gasteiger partial charge in [-0.2, -0.15) is 0 Å². The molecule has 0 aliphatic heterocycles. The summed E-state index contributed by atoms with van der Waals surface area (Å²) in [5.41, 5.74) is 0. The van der Waals surface area contributed by atoms with Crippen LogP contribution in [0.1, 0.15) is 0 Å². The number of benzene rings is 1. The number of alkyl halides is 6. The van der Waals surface area contributed by atoms with Crippen molar-refractivity contribution in [1.29, 1.82) is 0 Å². The molecule has 0 fully saturated rings. The molecule has 0 saturated heterocycles. The van der Waals surface area contributed by atoms with Crippen molar-refractivity contribution in [3.63, 3.8) is 0 Å². The molecule has 0 bridgehead atoms. The van der Waals surface area contributed by atoms with Crippen LogP contribution in [-0.4, -0.2) is 47.9 Å². The van der Waals surface area contributed by atoms with E-state index in [1.165, 1.54) is 0 Å². The van der Waals surface area contributed by atoms with Gasteiger partial charge in [0.25, 0.3) is 0 Å². The van der Waals surface area contributed by atoms with Crippen LogP contribution in [0, 0.1) is 0 Å². The van der Waals surface area contributed by atoms with Crippen LogP contribution in [0.25, 0.3) is 0 Å². The van der Waals surface area contributed by atoms with Gasteiger partial charge in [0.05, 0.1) is 0 Å². The van der Waals surface area contributed by atoms with Crippen LogP contribution in [-0.2, 0) is 15.0 Å². The molecule has 1 aromatic rings. The Kier molecular flexibility index (Phi) is 6.06. The number of halogens is 7. The molecule has 0 aromatic heterocycles. The molecule has 1 aromatic carbocycles. The zero-order valence-corrected chi connectivity index (χ0v) is 15.4. The fourth-order valence-corrected chi connectivity index (χ4v) is 7.00. The molecule has 0 atom stereocenters. The van der Waals surface area contributed by atoms with E-state index in [4.69, 9.17) is 11.6 Å². The van der Waals surface area contributed by atoms with E-state index in [1.807, 2.05) is 0 Å². The summed E-state index contributed by atoms with van der Waals surface area (Å²) in [6, 6.07) is 4.35. The molecule has 0 saturated carbocycles. The van der Waals surface area contributed by atoms with Gasteiger partial charge in [-0.1, -0.05) is 0 Å². The average molecular weight is 542 g/mol. The van der Waals surface area contributed by atoms with Crippen molar-refractivity contribution in [2.45, 2.75) is 12.4 Å². The van der Waals surface area contributed by atoms with Crippen molar-refractivity contribution in [1.82, 2.24) is 0 Å². The van der Waals surface area contributed by atoms with Crippen LogP contribution in [0.2, 0.25) is 5.02 Å². The summed E-state index contributed by atoms with van der Waals surface area (Å²) in [5.74, 6) is -5.44. The van der Waals surface area contributed by atoms with Gasteiger partial charge in [0.1, 0.15) is 0 Å². The SMILES string of the molecule is O=C([O][Tl]([O]C(=O)C(F)(F)F)[c]1ccc(Cl)cc1)C(F)(F)F. The number of hydrogen-bond acceptors (Lipinski definition) is 4. The predicted molar refractivity (Wildman–Crippen MR) is 61.1 cm³/mol. The summed E-state index contributed by atoms with van der Waals surface area (Å²) in [6.07, 6.45) is -10.8. The van der Waals surface area contributed by atoms with Gasteiger partial charge < -0.3 is 0 Å². The molecule has 0 aliphatic carbocycles. The molecule has 120 valence electrons. The molecule has 4 nitrogen and oxygen atoms in total. The van der Waals surface area contributed by atoms with Crippen LogP contribution in [0.5, 0.6) is 0 Å². The van der Waals surface area contributed by atoms with Gasteiger partial charge >= 0.3 is 133 Å². The zero-order valence-electron chi connectivity index (χ0n) is 10.2. The van der Waals surface area contributed by atoms with Gasteiger partial charge in [0.15, 0.2) is 0 Å². The molecule has 0 radical (unpaired) electrons. The Balaban J connectivity index is 3.02. The van der Waals surface area contributed by atoms with Gasteiger partial charge in [-0.3, -0.25) is 0 Å². The van der Waals surface area contributed by atoms with Crippen molar-refractivity contribution in [3.05, 3.63) is 29.3 Å². The van der Waals surface area contributed by atoms with E-state index >= 15 is 0 Å². The van der Waals surface area contributed by atoms with Crippen LogP contribution in [0.4, 0.5) is 26.3 Å². The Morgan fingerprint density at radius 3 is 1.55 bits per heavy atom. The fourth-order valence-electron chi connectivity index (χ4n) is 1.11. The third-order valence-electron chi connectivity index (χ3n) is 2.03. The monoisotopic (exact) mass is 542 g/mol. The molecular formula is C10H4ClF6O4Tl. The van der Waals surface area contributed by atoms with Crippen LogP contribution >= 0.6 is 11.6 Å². The minimum atomic E-state index is -5.42. The van der Waals surface area contributed by atoms with Gasteiger partial charge in [-0.05, 0) is 0 Å². The molecule has 0 heterocycles. The number of hydrogen-bond donors (Lipinski definition) is 0. The van der Waals surface area contributed by atoms with E-state index in [1.54, 1.807) is 0 Å². The van der Waals surface area contributed by atoms with Crippen molar-refractivity contribution in [2.75, 3.05) is 0 Å². The van der Waals surface area contributed by atoms with Crippen molar-refractivity contribution >= 4 is 50.3 Å². The van der Waals surface area contributed by atoms with E-state index in [-0.39, 0.29) is 8.15 Å². The quantitative estimate of drug-likeness (QED) is 0.435. The second kappa shape index (κ2) is 7.02. The van der Waals surface area contributed by atoms with Gasteiger partial charge in [0.2, 0.25) is 0 Å². The summed E-state index contributed by atoms with van der Waals surface area (Å²) >= 11 is 0.437. The minimum absolute atomic E-state index is 0.139. The van der Waals surface area contributed by atoms with Crippen molar-refractivity contribution in [2.24, 2.45) is 0 Å². The topological polar surface area (TPSA) is 52.6 Å². The average Bonchev–Trinajstić information content (AvgIpc) is 2.36. The first-order valence-corrected chi connectivity index (χ1v) is 11.5. The molecule has 12 heteroatoms. The summed E-state index contributed by atoms with van der Waals surface area (Å²) in [7, 11) is 0. The molecular weight excluding hydrogens is 538 g/mol. The first-order valence-electron chi connectivity index (χ1n) is 5.22. The zero-order chi connectivity index (χ0) is 17.1. The number of rotatable bonds is 3. The van der Waals surface area contributed by atoms with E-state index in [2.05, 4.69) is 5.37 Å². The standard InChI is InChI=1S/C6H4Cl.2C2HF3O2.Tl/c7-6-4-2-1-3-5-6;2*3-2(4,5)1(6)7;/h2-5H;2*(H,6,7);/q;;;+2/p-2. The van der Waals surface area contributed by atoms with Crippen molar-refractivity contribution in [3.8, 4) is 0 Å². The maximum absolute atomic E-state index is 12.1. The first kappa shape index (κ1) is 19.0. The second-order valence-electron chi connectivity index (χ2n) is 3.69. The summed E-state index contributed by atoms with van der Waals surface area (Å²) in [4.78, 5) is 21.5. The second-order valence-corrected chi connectivity index (χ2v) is 11.1. The summed E-state index contributed by atoms with van der Waals surface area (Å²) < 4.78 is 80.6. The molecule has 0 unspecified atom stereocenters. The van der Waals surface area contributed by atoms with Gasteiger partial charge in [0, 0.05) is 0 Å². The Labute approximate surface area is 133 Å². The molecule has 0 aliphatic rings. The Bertz CT molecular complexity index is 528. The van der Waals surface area contributed by atoms with Crippen LogP contribution in [0.15, 0.2) is 24.3 Å². The molecule has 1 rings (SSSR count). The van der Waals surface area contributed by atoms with Crippen molar-refractivity contribution < 1.29 is 41.3 Å². The predicted octanol–water partition coefficient (Wildman–Crippen LogP) is 2.25. The Morgan fingerprint density at radius 1 is 0.864 bits per heavy atom. The third kappa shape index (κ3) is 5.62. The van der Waals surface area contributed by atoms with E-state index < -0.39 is 47.9 Å². The first-order chi connectivity index (χ1) is 9.91. The Hall–Kier alpha value is -1.05.